The third kappa shape index (κ3) is 3.65. The molecule has 0 unspecified atom stereocenters. The van der Waals surface area contributed by atoms with Crippen molar-refractivity contribution >= 4 is 22.6 Å². The summed E-state index contributed by atoms with van der Waals surface area (Å²) in [7, 11) is 0. The predicted octanol–water partition coefficient (Wildman–Crippen LogP) is 4.37. The van der Waals surface area contributed by atoms with E-state index in [9.17, 15) is 4.79 Å². The lowest BCUT2D eigenvalue weighted by Crippen LogP contribution is -2.37. The van der Waals surface area contributed by atoms with Crippen molar-refractivity contribution in [1.29, 1.82) is 0 Å². The van der Waals surface area contributed by atoms with Crippen molar-refractivity contribution in [3.8, 4) is 0 Å². The molecular formula is C20H28N4O. The Labute approximate surface area is 149 Å². The molecule has 3 N–H and O–H groups in total. The van der Waals surface area contributed by atoms with Gasteiger partial charge in [0.1, 0.15) is 5.65 Å². The molecule has 2 heterocycles. The number of aromatic nitrogens is 2. The van der Waals surface area contributed by atoms with E-state index in [0.29, 0.717) is 17.6 Å². The molecule has 2 aromatic heterocycles. The summed E-state index contributed by atoms with van der Waals surface area (Å²) in [6.45, 7) is 0. The van der Waals surface area contributed by atoms with Gasteiger partial charge in [-0.3, -0.25) is 4.79 Å². The molecular weight excluding hydrogens is 312 g/mol. The van der Waals surface area contributed by atoms with E-state index in [-0.39, 0.29) is 5.91 Å². The highest BCUT2D eigenvalue weighted by Gasteiger charge is 2.23. The number of carbonyl (C=O) groups is 1. The summed E-state index contributed by atoms with van der Waals surface area (Å²) >= 11 is 0. The van der Waals surface area contributed by atoms with Crippen LogP contribution in [0.4, 0.5) is 5.69 Å². The minimum absolute atomic E-state index is 0.0146. The van der Waals surface area contributed by atoms with Crippen LogP contribution >= 0.6 is 0 Å². The quantitative estimate of drug-likeness (QED) is 0.774. The fraction of sp³-hybridized carbons (Fsp3) is 0.600. The van der Waals surface area contributed by atoms with E-state index in [1.54, 1.807) is 6.20 Å². The summed E-state index contributed by atoms with van der Waals surface area (Å²) in [6, 6.07) is 2.78. The van der Waals surface area contributed by atoms with Crippen LogP contribution in [0.5, 0.6) is 0 Å². The van der Waals surface area contributed by atoms with Gasteiger partial charge in [0.25, 0.3) is 5.91 Å². The number of anilines is 1. The topological polar surface area (TPSA) is 69.8 Å². The van der Waals surface area contributed by atoms with E-state index >= 15 is 0 Å². The molecule has 0 bridgehead atoms. The summed E-state index contributed by atoms with van der Waals surface area (Å²) in [5, 5.41) is 7.93. The van der Waals surface area contributed by atoms with Crippen molar-refractivity contribution in [3.63, 3.8) is 0 Å². The molecule has 0 aromatic carbocycles. The predicted molar refractivity (Wildman–Crippen MR) is 101 cm³/mol. The summed E-state index contributed by atoms with van der Waals surface area (Å²) < 4.78 is 0. The highest BCUT2D eigenvalue weighted by Crippen LogP contribution is 2.30. The molecule has 4 rings (SSSR count). The third-order valence-corrected chi connectivity index (χ3v) is 5.73. The molecule has 0 atom stereocenters. The average Bonchev–Trinajstić information content (AvgIpc) is 3.13. The number of amides is 1. The lowest BCUT2D eigenvalue weighted by Gasteiger charge is -2.26. The molecule has 25 heavy (non-hydrogen) atoms. The summed E-state index contributed by atoms with van der Waals surface area (Å²) in [4.78, 5) is 20.6. The fourth-order valence-corrected chi connectivity index (χ4v) is 4.30. The molecule has 0 aliphatic heterocycles. The Bertz CT molecular complexity index is 726. The zero-order chi connectivity index (χ0) is 17.1. The first-order valence-electron chi connectivity index (χ1n) is 9.85. The number of aromatic amines is 1. The third-order valence-electron chi connectivity index (χ3n) is 5.73. The monoisotopic (exact) mass is 340 g/mol. The zero-order valence-electron chi connectivity index (χ0n) is 14.8. The number of hydrogen-bond acceptors (Lipinski definition) is 3. The van der Waals surface area contributed by atoms with Gasteiger partial charge in [-0.15, -0.1) is 0 Å². The second-order valence-corrected chi connectivity index (χ2v) is 7.57. The number of H-pyrrole nitrogens is 1. The molecule has 0 radical (unpaired) electrons. The minimum Gasteiger partial charge on any atom is -0.381 e. The molecule has 2 aliphatic carbocycles. The number of pyridine rings is 1. The van der Waals surface area contributed by atoms with Crippen molar-refractivity contribution < 1.29 is 4.79 Å². The number of rotatable bonds is 4. The Balaban J connectivity index is 1.60. The van der Waals surface area contributed by atoms with Crippen LogP contribution in [-0.2, 0) is 0 Å². The first-order valence-corrected chi connectivity index (χ1v) is 9.85. The Kier molecular flexibility index (Phi) is 4.90. The maximum absolute atomic E-state index is 12.9. The Morgan fingerprint density at radius 1 is 1.00 bits per heavy atom. The average molecular weight is 340 g/mol. The molecule has 5 heteroatoms. The van der Waals surface area contributed by atoms with Crippen LogP contribution < -0.4 is 10.6 Å². The molecule has 2 saturated carbocycles. The molecule has 2 aliphatic rings. The van der Waals surface area contributed by atoms with Crippen LogP contribution in [0.25, 0.3) is 11.0 Å². The van der Waals surface area contributed by atoms with Gasteiger partial charge in [0.15, 0.2) is 0 Å². The summed E-state index contributed by atoms with van der Waals surface area (Å²) in [5.41, 5.74) is 2.47. The maximum atomic E-state index is 12.9. The van der Waals surface area contributed by atoms with Crippen LogP contribution in [0.15, 0.2) is 18.5 Å². The van der Waals surface area contributed by atoms with Crippen molar-refractivity contribution in [3.05, 3.63) is 24.0 Å². The van der Waals surface area contributed by atoms with Crippen LogP contribution in [-0.4, -0.2) is 28.0 Å². The summed E-state index contributed by atoms with van der Waals surface area (Å²) in [5.74, 6) is 0.0146. The van der Waals surface area contributed by atoms with Crippen molar-refractivity contribution in [2.45, 2.75) is 76.3 Å². The van der Waals surface area contributed by atoms with Gasteiger partial charge in [0.05, 0.1) is 11.3 Å². The van der Waals surface area contributed by atoms with Crippen LogP contribution in [0.1, 0.15) is 74.6 Å². The fourth-order valence-electron chi connectivity index (χ4n) is 4.30. The first-order chi connectivity index (χ1) is 12.3. The van der Waals surface area contributed by atoms with Crippen molar-refractivity contribution in [2.75, 3.05) is 5.32 Å². The van der Waals surface area contributed by atoms with Gasteiger partial charge in [0, 0.05) is 29.9 Å². The largest absolute Gasteiger partial charge is 0.381 e. The molecule has 5 nitrogen and oxygen atoms in total. The van der Waals surface area contributed by atoms with Crippen LogP contribution in [0.3, 0.4) is 0 Å². The number of carbonyl (C=O) groups excluding carboxylic acids is 1. The Morgan fingerprint density at radius 2 is 1.68 bits per heavy atom. The molecule has 0 saturated heterocycles. The van der Waals surface area contributed by atoms with Gasteiger partial charge in [0.2, 0.25) is 0 Å². The zero-order valence-corrected chi connectivity index (χ0v) is 14.8. The second-order valence-electron chi connectivity index (χ2n) is 7.57. The van der Waals surface area contributed by atoms with Crippen LogP contribution in [0.2, 0.25) is 0 Å². The number of nitrogens with one attached hydrogen (secondary N) is 3. The highest BCUT2D eigenvalue weighted by molar-refractivity contribution is 6.06. The van der Waals surface area contributed by atoms with E-state index in [0.717, 1.165) is 29.6 Å². The van der Waals surface area contributed by atoms with E-state index in [2.05, 4.69) is 20.6 Å². The van der Waals surface area contributed by atoms with Crippen molar-refractivity contribution in [2.24, 2.45) is 0 Å². The molecule has 2 aromatic rings. The van der Waals surface area contributed by atoms with Gasteiger partial charge < -0.3 is 15.6 Å². The molecule has 0 spiro atoms. The summed E-state index contributed by atoms with van der Waals surface area (Å²) in [6.07, 6.45) is 15.7. The molecule has 1 amide bonds. The van der Waals surface area contributed by atoms with Gasteiger partial charge in [-0.2, -0.15) is 0 Å². The normalized spacial score (nSPS) is 19.8. The van der Waals surface area contributed by atoms with E-state index in [4.69, 9.17) is 0 Å². The van der Waals surface area contributed by atoms with Crippen molar-refractivity contribution in [1.82, 2.24) is 15.3 Å². The van der Waals surface area contributed by atoms with Gasteiger partial charge >= 0.3 is 0 Å². The smallest absolute Gasteiger partial charge is 0.255 e. The SMILES string of the molecule is O=C(NC1CCCCC1)c1cnc2[nH]ccc2c1NC1CCCCC1. The van der Waals surface area contributed by atoms with E-state index in [1.165, 1.54) is 51.4 Å². The second kappa shape index (κ2) is 7.46. The number of nitrogens with zero attached hydrogens (tertiary/aromatic N) is 1. The maximum Gasteiger partial charge on any atom is 0.255 e. The lowest BCUT2D eigenvalue weighted by atomic mass is 9.94. The van der Waals surface area contributed by atoms with Gasteiger partial charge in [-0.1, -0.05) is 38.5 Å². The van der Waals surface area contributed by atoms with Gasteiger partial charge in [-0.05, 0) is 31.7 Å². The van der Waals surface area contributed by atoms with Gasteiger partial charge in [-0.25, -0.2) is 4.98 Å². The van der Waals surface area contributed by atoms with E-state index < -0.39 is 0 Å². The standard InChI is InChI=1S/C20H28N4O/c25-20(24-15-9-5-2-6-10-15)17-13-22-19-16(11-12-21-19)18(17)23-14-7-3-1-4-8-14/h11-15H,1-10H2,(H,24,25)(H2,21,22,23). The molecule has 134 valence electrons. The number of fused-ring (bicyclic) bond motifs is 1. The first kappa shape index (κ1) is 16.4. The van der Waals surface area contributed by atoms with Crippen LogP contribution in [0, 0.1) is 0 Å². The Hall–Kier alpha value is -2.04. The Morgan fingerprint density at radius 3 is 2.40 bits per heavy atom. The number of hydrogen-bond donors (Lipinski definition) is 3. The minimum atomic E-state index is 0.0146. The lowest BCUT2D eigenvalue weighted by molar-refractivity contribution is 0.0928. The molecule has 2 fully saturated rings. The highest BCUT2D eigenvalue weighted by atomic mass is 16.1. The van der Waals surface area contributed by atoms with E-state index in [1.807, 2.05) is 12.3 Å².